The van der Waals surface area contributed by atoms with E-state index in [1.807, 2.05) is 6.92 Å². The minimum absolute atomic E-state index is 0.0337. The van der Waals surface area contributed by atoms with Crippen molar-refractivity contribution in [2.75, 3.05) is 0 Å². The van der Waals surface area contributed by atoms with Crippen LogP contribution in [0.2, 0.25) is 0 Å². The van der Waals surface area contributed by atoms with Crippen molar-refractivity contribution in [3.05, 3.63) is 25.9 Å². The third kappa shape index (κ3) is 2.88. The lowest BCUT2D eigenvalue weighted by Gasteiger charge is -2.19. The van der Waals surface area contributed by atoms with E-state index in [0.29, 0.717) is 10.1 Å². The van der Waals surface area contributed by atoms with Crippen molar-refractivity contribution in [2.24, 2.45) is 0 Å². The van der Waals surface area contributed by atoms with E-state index in [2.05, 4.69) is 41.4 Å². The molecule has 1 aliphatic heterocycles. The first-order valence-electron chi connectivity index (χ1n) is 5.78. The molecule has 0 radical (unpaired) electrons. The van der Waals surface area contributed by atoms with Gasteiger partial charge < -0.3 is 4.74 Å². The maximum absolute atomic E-state index is 12.0. The van der Waals surface area contributed by atoms with Crippen LogP contribution in [0.4, 0.5) is 0 Å². The molecule has 2 heterocycles. The van der Waals surface area contributed by atoms with Crippen molar-refractivity contribution >= 4 is 22.6 Å². The zero-order valence-corrected chi connectivity index (χ0v) is 12.5. The summed E-state index contributed by atoms with van der Waals surface area (Å²) in [6, 6.07) is 0. The summed E-state index contributed by atoms with van der Waals surface area (Å²) in [7, 11) is 0. The third-order valence-corrected chi connectivity index (χ3v) is 4.35. The lowest BCUT2D eigenvalue weighted by atomic mass is 10.1. The Morgan fingerprint density at radius 1 is 1.65 bits per heavy atom. The van der Waals surface area contributed by atoms with E-state index < -0.39 is 0 Å². The molecule has 1 fully saturated rings. The highest BCUT2D eigenvalue weighted by molar-refractivity contribution is 14.1. The van der Waals surface area contributed by atoms with Crippen LogP contribution < -0.4 is 5.56 Å². The van der Waals surface area contributed by atoms with Crippen molar-refractivity contribution in [3.63, 3.8) is 0 Å². The molecule has 0 aliphatic carbocycles. The van der Waals surface area contributed by atoms with E-state index in [1.165, 1.54) is 0 Å². The molecular weight excluding hydrogens is 331 g/mol. The van der Waals surface area contributed by atoms with Crippen LogP contribution >= 0.6 is 22.6 Å². The molecule has 1 aliphatic rings. The third-order valence-electron chi connectivity index (χ3n) is 3.11. The molecule has 1 unspecified atom stereocenters. The normalized spacial score (nSPS) is 22.9. The second-order valence-electron chi connectivity index (χ2n) is 5.14. The topological polar surface area (TPSA) is 44.1 Å². The predicted molar refractivity (Wildman–Crippen MR) is 74.1 cm³/mol. The molecule has 0 amide bonds. The molecule has 94 valence electrons. The highest BCUT2D eigenvalue weighted by Crippen LogP contribution is 2.29. The first-order valence-corrected chi connectivity index (χ1v) is 6.86. The van der Waals surface area contributed by atoms with Crippen molar-refractivity contribution in [1.29, 1.82) is 0 Å². The summed E-state index contributed by atoms with van der Waals surface area (Å²) in [5, 5.41) is 0. The van der Waals surface area contributed by atoms with Gasteiger partial charge in [-0.1, -0.05) is 0 Å². The fourth-order valence-corrected chi connectivity index (χ4v) is 2.55. The van der Waals surface area contributed by atoms with E-state index >= 15 is 0 Å². The number of aryl methyl sites for hydroxylation is 1. The predicted octanol–water partition coefficient (Wildman–Crippen LogP) is 2.11. The summed E-state index contributed by atoms with van der Waals surface area (Å²) in [6.07, 6.45) is 3.80. The van der Waals surface area contributed by atoms with Crippen LogP contribution in [0.5, 0.6) is 0 Å². The molecule has 0 saturated carbocycles. The van der Waals surface area contributed by atoms with Gasteiger partial charge in [-0.3, -0.25) is 9.36 Å². The molecule has 1 aromatic rings. The standard InChI is InChI=1S/C12H17IN2O2/c1-8-10(13)11(16)15(7-14-8)6-9-4-5-12(2,3)17-9/h7,9H,4-6H2,1-3H3. The molecule has 1 saturated heterocycles. The van der Waals surface area contributed by atoms with Gasteiger partial charge >= 0.3 is 0 Å². The number of rotatable bonds is 2. The van der Waals surface area contributed by atoms with Gasteiger partial charge in [0.15, 0.2) is 0 Å². The van der Waals surface area contributed by atoms with Gasteiger partial charge in [0.2, 0.25) is 0 Å². The van der Waals surface area contributed by atoms with Gasteiger partial charge in [-0.15, -0.1) is 0 Å². The monoisotopic (exact) mass is 348 g/mol. The van der Waals surface area contributed by atoms with E-state index in [4.69, 9.17) is 4.74 Å². The fourth-order valence-electron chi connectivity index (χ4n) is 2.10. The summed E-state index contributed by atoms with van der Waals surface area (Å²) in [4.78, 5) is 16.2. The van der Waals surface area contributed by atoms with Crippen molar-refractivity contribution < 1.29 is 4.74 Å². The Labute approximate surface area is 115 Å². The molecule has 5 heteroatoms. The molecule has 17 heavy (non-hydrogen) atoms. The van der Waals surface area contributed by atoms with E-state index in [1.54, 1.807) is 10.9 Å². The number of halogens is 1. The first-order chi connectivity index (χ1) is 7.89. The Balaban J connectivity index is 2.16. The average Bonchev–Trinajstić information content (AvgIpc) is 2.59. The molecular formula is C12H17IN2O2. The number of hydrogen-bond donors (Lipinski definition) is 0. The zero-order valence-electron chi connectivity index (χ0n) is 10.4. The van der Waals surface area contributed by atoms with Crippen LogP contribution in [0.1, 0.15) is 32.4 Å². The Hall–Kier alpha value is -0.430. The molecule has 0 aromatic carbocycles. The second-order valence-corrected chi connectivity index (χ2v) is 6.22. The maximum atomic E-state index is 12.0. The summed E-state index contributed by atoms with van der Waals surface area (Å²) in [5.41, 5.74) is 0.769. The molecule has 1 aromatic heterocycles. The van der Waals surface area contributed by atoms with Crippen LogP contribution in [0.25, 0.3) is 0 Å². The van der Waals surface area contributed by atoms with E-state index in [-0.39, 0.29) is 17.3 Å². The highest BCUT2D eigenvalue weighted by atomic mass is 127. The molecule has 0 bridgehead atoms. The molecule has 2 rings (SSSR count). The van der Waals surface area contributed by atoms with Crippen LogP contribution in [-0.4, -0.2) is 21.3 Å². The Morgan fingerprint density at radius 2 is 2.35 bits per heavy atom. The average molecular weight is 348 g/mol. The number of nitrogens with zero attached hydrogens (tertiary/aromatic N) is 2. The lowest BCUT2D eigenvalue weighted by Crippen LogP contribution is -2.30. The van der Waals surface area contributed by atoms with Crippen LogP contribution in [0, 0.1) is 10.5 Å². The Bertz CT molecular complexity index is 482. The van der Waals surface area contributed by atoms with Gasteiger partial charge in [-0.2, -0.15) is 0 Å². The highest BCUT2D eigenvalue weighted by Gasteiger charge is 2.31. The van der Waals surface area contributed by atoms with Crippen molar-refractivity contribution in [2.45, 2.75) is 51.9 Å². The number of ether oxygens (including phenoxy) is 1. The summed E-state index contributed by atoms with van der Waals surface area (Å²) in [6.45, 7) is 6.63. The van der Waals surface area contributed by atoms with Gasteiger partial charge in [-0.05, 0) is 56.2 Å². The zero-order chi connectivity index (χ0) is 12.6. The maximum Gasteiger partial charge on any atom is 0.267 e. The van der Waals surface area contributed by atoms with Crippen LogP contribution in [0.3, 0.4) is 0 Å². The van der Waals surface area contributed by atoms with Crippen molar-refractivity contribution in [1.82, 2.24) is 9.55 Å². The van der Waals surface area contributed by atoms with Crippen LogP contribution in [0.15, 0.2) is 11.1 Å². The molecule has 0 N–H and O–H groups in total. The summed E-state index contributed by atoms with van der Waals surface area (Å²) < 4.78 is 8.24. The van der Waals surface area contributed by atoms with Gasteiger partial charge in [0.1, 0.15) is 0 Å². The van der Waals surface area contributed by atoms with Gasteiger partial charge in [0.25, 0.3) is 5.56 Å². The van der Waals surface area contributed by atoms with Gasteiger partial charge in [0, 0.05) is 0 Å². The summed E-state index contributed by atoms with van der Waals surface area (Å²) >= 11 is 2.05. The number of aromatic nitrogens is 2. The molecule has 4 nitrogen and oxygen atoms in total. The minimum Gasteiger partial charge on any atom is -0.370 e. The van der Waals surface area contributed by atoms with E-state index in [0.717, 1.165) is 18.5 Å². The van der Waals surface area contributed by atoms with Gasteiger partial charge in [-0.25, -0.2) is 4.98 Å². The molecule has 1 atom stereocenters. The smallest absolute Gasteiger partial charge is 0.267 e. The Kier molecular flexibility index (Phi) is 3.58. The fraction of sp³-hybridized carbons (Fsp3) is 0.667. The van der Waals surface area contributed by atoms with E-state index in [9.17, 15) is 4.79 Å². The number of hydrogen-bond acceptors (Lipinski definition) is 3. The van der Waals surface area contributed by atoms with Crippen molar-refractivity contribution in [3.8, 4) is 0 Å². The summed E-state index contributed by atoms with van der Waals surface area (Å²) in [5.74, 6) is 0. The van der Waals surface area contributed by atoms with Crippen LogP contribution in [-0.2, 0) is 11.3 Å². The SMILES string of the molecule is Cc1ncn(CC2CCC(C)(C)O2)c(=O)c1I. The minimum atomic E-state index is -0.0560. The Morgan fingerprint density at radius 3 is 2.94 bits per heavy atom. The second kappa shape index (κ2) is 4.68. The largest absolute Gasteiger partial charge is 0.370 e. The quantitative estimate of drug-likeness (QED) is 0.769. The first kappa shape index (κ1) is 13.0. The molecule has 0 spiro atoms. The lowest BCUT2D eigenvalue weighted by molar-refractivity contribution is -0.0222. The van der Waals surface area contributed by atoms with Gasteiger partial charge in [0.05, 0.1) is 33.8 Å².